The van der Waals surface area contributed by atoms with Crippen molar-refractivity contribution in [3.8, 4) is 0 Å². The Bertz CT molecular complexity index is 997. The van der Waals surface area contributed by atoms with E-state index in [9.17, 15) is 10.1 Å². The van der Waals surface area contributed by atoms with Gasteiger partial charge >= 0.3 is 5.69 Å². The normalized spacial score (nSPS) is 10.5. The molecule has 0 aliphatic carbocycles. The van der Waals surface area contributed by atoms with Gasteiger partial charge in [0.15, 0.2) is 0 Å². The highest BCUT2D eigenvalue weighted by Gasteiger charge is 2.23. The minimum Gasteiger partial charge on any atom is -0.360 e. The van der Waals surface area contributed by atoms with Crippen molar-refractivity contribution in [2.24, 2.45) is 0 Å². The van der Waals surface area contributed by atoms with Crippen molar-refractivity contribution in [3.05, 3.63) is 80.1 Å². The summed E-state index contributed by atoms with van der Waals surface area (Å²) in [5.74, 6) is 0.159. The molecule has 2 aromatic carbocycles. The maximum Gasteiger partial charge on any atom is 0.353 e. The van der Waals surface area contributed by atoms with Gasteiger partial charge in [0.2, 0.25) is 11.6 Å². The van der Waals surface area contributed by atoms with Crippen molar-refractivity contribution in [2.45, 2.75) is 13.5 Å². The molecule has 0 spiro atoms. The molecule has 0 aliphatic rings. The second-order valence-electron chi connectivity index (χ2n) is 5.71. The molecule has 3 aromatic rings. The SMILES string of the molecule is Cc1ccc(Nc2ncnc(NCc3ccccc3Cl)c2[N+](=O)[O-])cc1Cl. The summed E-state index contributed by atoms with van der Waals surface area (Å²) >= 11 is 12.2. The molecule has 7 nitrogen and oxygen atoms in total. The molecule has 0 bridgehead atoms. The van der Waals surface area contributed by atoms with E-state index >= 15 is 0 Å². The molecule has 0 aliphatic heterocycles. The first-order valence-corrected chi connectivity index (χ1v) is 8.71. The van der Waals surface area contributed by atoms with Crippen LogP contribution in [0.15, 0.2) is 48.8 Å². The number of rotatable bonds is 6. The molecule has 0 radical (unpaired) electrons. The molecule has 27 heavy (non-hydrogen) atoms. The number of benzene rings is 2. The summed E-state index contributed by atoms with van der Waals surface area (Å²) in [5.41, 5.74) is 2.03. The Morgan fingerprint density at radius 2 is 1.81 bits per heavy atom. The van der Waals surface area contributed by atoms with Crippen molar-refractivity contribution in [1.82, 2.24) is 9.97 Å². The van der Waals surface area contributed by atoms with Crippen LogP contribution in [0.3, 0.4) is 0 Å². The van der Waals surface area contributed by atoms with Crippen LogP contribution in [0.1, 0.15) is 11.1 Å². The Morgan fingerprint density at radius 1 is 1.07 bits per heavy atom. The van der Waals surface area contributed by atoms with Crippen LogP contribution in [0, 0.1) is 17.0 Å². The zero-order valence-corrected chi connectivity index (χ0v) is 15.8. The van der Waals surface area contributed by atoms with Gasteiger partial charge in [0, 0.05) is 22.3 Å². The van der Waals surface area contributed by atoms with E-state index in [1.54, 1.807) is 18.2 Å². The van der Waals surface area contributed by atoms with Crippen LogP contribution in [-0.2, 0) is 6.54 Å². The third kappa shape index (κ3) is 4.45. The largest absolute Gasteiger partial charge is 0.360 e. The average Bonchev–Trinajstić information content (AvgIpc) is 2.64. The van der Waals surface area contributed by atoms with Gasteiger partial charge < -0.3 is 10.6 Å². The van der Waals surface area contributed by atoms with Gasteiger partial charge in [0.25, 0.3) is 0 Å². The van der Waals surface area contributed by atoms with Crippen molar-refractivity contribution < 1.29 is 4.92 Å². The molecule has 3 rings (SSSR count). The second kappa shape index (κ2) is 8.20. The fraction of sp³-hybridized carbons (Fsp3) is 0.111. The van der Waals surface area contributed by atoms with E-state index < -0.39 is 4.92 Å². The summed E-state index contributed by atoms with van der Waals surface area (Å²) in [6.07, 6.45) is 1.25. The highest BCUT2D eigenvalue weighted by Crippen LogP contribution is 2.32. The van der Waals surface area contributed by atoms with Gasteiger partial charge in [0.1, 0.15) is 6.33 Å². The molecule has 1 aromatic heterocycles. The fourth-order valence-corrected chi connectivity index (χ4v) is 2.78. The molecule has 0 saturated heterocycles. The van der Waals surface area contributed by atoms with Gasteiger partial charge in [-0.25, -0.2) is 9.97 Å². The van der Waals surface area contributed by atoms with E-state index in [0.717, 1.165) is 11.1 Å². The van der Waals surface area contributed by atoms with Gasteiger partial charge in [0.05, 0.1) is 4.92 Å². The van der Waals surface area contributed by atoms with Crippen LogP contribution >= 0.6 is 23.2 Å². The summed E-state index contributed by atoms with van der Waals surface area (Å²) in [6, 6.07) is 12.5. The Balaban J connectivity index is 1.89. The molecule has 0 atom stereocenters. The van der Waals surface area contributed by atoms with E-state index in [4.69, 9.17) is 23.2 Å². The van der Waals surface area contributed by atoms with E-state index in [2.05, 4.69) is 20.6 Å². The molecular weight excluding hydrogens is 389 g/mol. The number of halogens is 2. The van der Waals surface area contributed by atoms with Crippen molar-refractivity contribution in [1.29, 1.82) is 0 Å². The van der Waals surface area contributed by atoms with Crippen LogP contribution in [0.2, 0.25) is 10.0 Å². The number of nitro groups is 1. The van der Waals surface area contributed by atoms with Crippen molar-refractivity contribution >= 4 is 46.2 Å². The van der Waals surface area contributed by atoms with E-state index in [1.807, 2.05) is 31.2 Å². The van der Waals surface area contributed by atoms with Gasteiger partial charge in [-0.05, 0) is 36.2 Å². The predicted molar refractivity (Wildman–Crippen MR) is 107 cm³/mol. The third-order valence-electron chi connectivity index (χ3n) is 3.84. The summed E-state index contributed by atoms with van der Waals surface area (Å²) < 4.78 is 0. The van der Waals surface area contributed by atoms with Crippen LogP contribution in [0.4, 0.5) is 23.0 Å². The standard InChI is InChI=1S/C18H15Cl2N5O2/c1-11-6-7-13(8-15(11)20)24-18-16(25(26)27)17(22-10-23-18)21-9-12-4-2-3-5-14(12)19/h2-8,10H,9H2,1H3,(H2,21,22,23,24). The summed E-state index contributed by atoms with van der Waals surface area (Å²) in [4.78, 5) is 19.1. The zero-order valence-electron chi connectivity index (χ0n) is 14.2. The van der Waals surface area contributed by atoms with Crippen molar-refractivity contribution in [2.75, 3.05) is 10.6 Å². The number of anilines is 3. The summed E-state index contributed by atoms with van der Waals surface area (Å²) in [6.45, 7) is 2.16. The first kappa shape index (κ1) is 18.9. The van der Waals surface area contributed by atoms with Gasteiger partial charge in [-0.3, -0.25) is 10.1 Å². The molecule has 9 heteroatoms. The van der Waals surface area contributed by atoms with Crippen molar-refractivity contribution in [3.63, 3.8) is 0 Å². The first-order chi connectivity index (χ1) is 13.0. The Labute approximate surface area is 165 Å². The lowest BCUT2D eigenvalue weighted by atomic mass is 10.2. The smallest absolute Gasteiger partial charge is 0.353 e. The van der Waals surface area contributed by atoms with Crippen LogP contribution in [0.25, 0.3) is 0 Å². The highest BCUT2D eigenvalue weighted by molar-refractivity contribution is 6.31. The molecule has 2 N–H and O–H groups in total. The second-order valence-corrected chi connectivity index (χ2v) is 6.52. The third-order valence-corrected chi connectivity index (χ3v) is 4.62. The monoisotopic (exact) mass is 403 g/mol. The Morgan fingerprint density at radius 3 is 2.52 bits per heavy atom. The number of nitrogens with one attached hydrogen (secondary N) is 2. The number of aromatic nitrogens is 2. The maximum atomic E-state index is 11.6. The Kier molecular flexibility index (Phi) is 5.73. The predicted octanol–water partition coefficient (Wildman–Crippen LogP) is 5.36. The van der Waals surface area contributed by atoms with E-state index in [0.29, 0.717) is 15.7 Å². The van der Waals surface area contributed by atoms with Gasteiger partial charge in [-0.1, -0.05) is 47.5 Å². The van der Waals surface area contributed by atoms with E-state index in [-0.39, 0.29) is 23.9 Å². The average molecular weight is 404 g/mol. The zero-order chi connectivity index (χ0) is 19.4. The highest BCUT2D eigenvalue weighted by atomic mass is 35.5. The first-order valence-electron chi connectivity index (χ1n) is 7.95. The van der Waals surface area contributed by atoms with Gasteiger partial charge in [-0.15, -0.1) is 0 Å². The minimum atomic E-state index is -0.535. The number of nitrogens with zero attached hydrogens (tertiary/aromatic N) is 3. The van der Waals surface area contributed by atoms with E-state index in [1.165, 1.54) is 6.33 Å². The number of hydrogen-bond acceptors (Lipinski definition) is 6. The molecule has 138 valence electrons. The lowest BCUT2D eigenvalue weighted by Gasteiger charge is -2.11. The molecule has 0 amide bonds. The summed E-state index contributed by atoms with van der Waals surface area (Å²) in [5, 5.41) is 18.6. The molecule has 0 fully saturated rings. The lowest BCUT2D eigenvalue weighted by molar-refractivity contribution is -0.383. The lowest BCUT2D eigenvalue weighted by Crippen LogP contribution is -2.08. The van der Waals surface area contributed by atoms with Gasteiger partial charge in [-0.2, -0.15) is 0 Å². The number of aryl methyl sites for hydroxylation is 1. The Hall–Kier alpha value is -2.90. The van der Waals surface area contributed by atoms with Crippen LogP contribution in [-0.4, -0.2) is 14.9 Å². The van der Waals surface area contributed by atoms with Crippen LogP contribution < -0.4 is 10.6 Å². The fourth-order valence-electron chi connectivity index (χ4n) is 2.40. The summed E-state index contributed by atoms with van der Waals surface area (Å²) in [7, 11) is 0. The van der Waals surface area contributed by atoms with Crippen LogP contribution in [0.5, 0.6) is 0 Å². The molecule has 0 saturated carbocycles. The molecule has 1 heterocycles. The minimum absolute atomic E-state index is 0.0663. The quantitative estimate of drug-likeness (QED) is 0.425. The molecule has 0 unspecified atom stereocenters. The molecular formula is C18H15Cl2N5O2. The number of hydrogen-bond donors (Lipinski definition) is 2. The maximum absolute atomic E-state index is 11.6. The topological polar surface area (TPSA) is 93.0 Å².